The van der Waals surface area contributed by atoms with E-state index in [1.54, 1.807) is 4.90 Å². The third-order valence-electron chi connectivity index (χ3n) is 3.13. The Morgan fingerprint density at radius 3 is 2.94 bits per heavy atom. The molecule has 0 radical (unpaired) electrons. The lowest BCUT2D eigenvalue weighted by atomic mass is 10.2. The molecule has 0 aliphatic carbocycles. The highest BCUT2D eigenvalue weighted by molar-refractivity contribution is 5.82. The smallest absolute Gasteiger partial charge is 0.242 e. The van der Waals surface area contributed by atoms with E-state index in [2.05, 4.69) is 10.6 Å². The van der Waals surface area contributed by atoms with Crippen molar-refractivity contribution in [3.8, 4) is 0 Å². The molecule has 0 saturated carbocycles. The Kier molecular flexibility index (Phi) is 3.96. The molecule has 17 heavy (non-hydrogen) atoms. The van der Waals surface area contributed by atoms with E-state index in [0.29, 0.717) is 26.3 Å². The van der Waals surface area contributed by atoms with Crippen molar-refractivity contribution in [2.24, 2.45) is 0 Å². The minimum Gasteiger partial charge on any atom is -0.378 e. The first-order chi connectivity index (χ1) is 8.16. The van der Waals surface area contributed by atoms with Crippen molar-refractivity contribution in [1.29, 1.82) is 0 Å². The first-order valence-electron chi connectivity index (χ1n) is 6.04. The van der Waals surface area contributed by atoms with Gasteiger partial charge in [-0.2, -0.15) is 0 Å². The molecule has 0 aromatic rings. The normalized spacial score (nSPS) is 29.1. The van der Waals surface area contributed by atoms with Crippen LogP contribution < -0.4 is 10.6 Å². The van der Waals surface area contributed by atoms with Gasteiger partial charge in [-0.05, 0) is 6.42 Å². The molecule has 2 rings (SSSR count). The van der Waals surface area contributed by atoms with Gasteiger partial charge < -0.3 is 20.3 Å². The Balaban J connectivity index is 1.82. The van der Waals surface area contributed by atoms with Crippen LogP contribution in [0.25, 0.3) is 0 Å². The van der Waals surface area contributed by atoms with E-state index in [1.165, 1.54) is 6.92 Å². The molecule has 2 fully saturated rings. The van der Waals surface area contributed by atoms with Gasteiger partial charge in [0.1, 0.15) is 6.04 Å². The molecule has 2 atom stereocenters. The molecule has 2 unspecified atom stereocenters. The summed E-state index contributed by atoms with van der Waals surface area (Å²) < 4.78 is 5.27. The fourth-order valence-corrected chi connectivity index (χ4v) is 2.31. The van der Waals surface area contributed by atoms with E-state index in [-0.39, 0.29) is 23.9 Å². The van der Waals surface area contributed by atoms with Crippen LogP contribution >= 0.6 is 0 Å². The van der Waals surface area contributed by atoms with Gasteiger partial charge in [-0.25, -0.2) is 0 Å². The monoisotopic (exact) mass is 241 g/mol. The van der Waals surface area contributed by atoms with Crippen LogP contribution in [-0.4, -0.2) is 61.6 Å². The number of hydrogen-bond acceptors (Lipinski definition) is 4. The maximum atomic E-state index is 12.1. The van der Waals surface area contributed by atoms with Crippen molar-refractivity contribution in [1.82, 2.24) is 15.5 Å². The van der Waals surface area contributed by atoms with E-state index in [0.717, 1.165) is 13.0 Å². The lowest BCUT2D eigenvalue weighted by Crippen LogP contribution is -2.52. The quantitative estimate of drug-likeness (QED) is 0.631. The summed E-state index contributed by atoms with van der Waals surface area (Å²) in [6.45, 7) is 4.65. The molecule has 2 saturated heterocycles. The van der Waals surface area contributed by atoms with Gasteiger partial charge in [0, 0.05) is 32.6 Å². The highest BCUT2D eigenvalue weighted by Gasteiger charge is 2.31. The van der Waals surface area contributed by atoms with Crippen LogP contribution in [0.1, 0.15) is 13.3 Å². The molecule has 2 amide bonds. The van der Waals surface area contributed by atoms with Crippen LogP contribution in [-0.2, 0) is 14.3 Å². The number of nitrogens with one attached hydrogen (secondary N) is 2. The van der Waals surface area contributed by atoms with Crippen LogP contribution in [0.5, 0.6) is 0 Å². The number of amides is 2. The molecule has 6 nitrogen and oxygen atoms in total. The molecule has 2 aliphatic rings. The van der Waals surface area contributed by atoms with Gasteiger partial charge in [0.05, 0.1) is 13.2 Å². The average Bonchev–Trinajstić information content (AvgIpc) is 2.77. The summed E-state index contributed by atoms with van der Waals surface area (Å²) in [5, 5.41) is 5.99. The van der Waals surface area contributed by atoms with Crippen molar-refractivity contribution < 1.29 is 14.3 Å². The lowest BCUT2D eigenvalue weighted by Gasteiger charge is -2.27. The average molecular weight is 241 g/mol. The van der Waals surface area contributed by atoms with E-state index in [9.17, 15) is 9.59 Å². The molecule has 0 aromatic carbocycles. The van der Waals surface area contributed by atoms with E-state index in [1.807, 2.05) is 0 Å². The lowest BCUT2D eigenvalue weighted by molar-refractivity contribution is -0.135. The number of ether oxygens (including phenoxy) is 1. The van der Waals surface area contributed by atoms with Gasteiger partial charge in [-0.3, -0.25) is 9.59 Å². The summed E-state index contributed by atoms with van der Waals surface area (Å²) in [4.78, 5) is 24.8. The zero-order chi connectivity index (χ0) is 12.3. The summed E-state index contributed by atoms with van der Waals surface area (Å²) in [6, 6.07) is -0.124. The number of hydrogen-bond donors (Lipinski definition) is 2. The second kappa shape index (κ2) is 5.46. The number of rotatable bonds is 2. The Labute approximate surface area is 101 Å². The second-order valence-corrected chi connectivity index (χ2v) is 4.55. The fourth-order valence-electron chi connectivity index (χ4n) is 2.31. The molecule has 0 aromatic heterocycles. The Morgan fingerprint density at radius 2 is 2.29 bits per heavy atom. The van der Waals surface area contributed by atoms with Crippen LogP contribution in [0.3, 0.4) is 0 Å². The highest BCUT2D eigenvalue weighted by atomic mass is 16.5. The van der Waals surface area contributed by atoms with Gasteiger partial charge in [0.15, 0.2) is 0 Å². The molecule has 96 valence electrons. The zero-order valence-corrected chi connectivity index (χ0v) is 10.1. The van der Waals surface area contributed by atoms with Crippen molar-refractivity contribution >= 4 is 11.8 Å². The maximum Gasteiger partial charge on any atom is 0.242 e. The van der Waals surface area contributed by atoms with Gasteiger partial charge in [-0.1, -0.05) is 0 Å². The summed E-state index contributed by atoms with van der Waals surface area (Å²) >= 11 is 0. The molecule has 2 aliphatic heterocycles. The highest BCUT2D eigenvalue weighted by Crippen LogP contribution is 2.11. The molecular formula is C11H19N3O3. The number of carbonyl (C=O) groups excluding carboxylic acids is 2. The first-order valence-corrected chi connectivity index (χ1v) is 6.04. The molecule has 6 heteroatoms. The van der Waals surface area contributed by atoms with Gasteiger partial charge in [0.2, 0.25) is 11.8 Å². The SMILES string of the molecule is CC(=O)NC1CCN(C(=O)C2COCCN2)C1. The van der Waals surface area contributed by atoms with Crippen LogP contribution in [0.2, 0.25) is 0 Å². The predicted molar refractivity (Wildman–Crippen MR) is 61.4 cm³/mol. The first kappa shape index (κ1) is 12.3. The van der Waals surface area contributed by atoms with Gasteiger partial charge in [0.25, 0.3) is 0 Å². The molecule has 2 N–H and O–H groups in total. The van der Waals surface area contributed by atoms with Crippen LogP contribution in [0.4, 0.5) is 0 Å². The molecule has 0 spiro atoms. The molecular weight excluding hydrogens is 222 g/mol. The topological polar surface area (TPSA) is 70.7 Å². The number of nitrogens with zero attached hydrogens (tertiary/aromatic N) is 1. The molecule has 2 heterocycles. The predicted octanol–water partition coefficient (Wildman–Crippen LogP) is -1.29. The third-order valence-corrected chi connectivity index (χ3v) is 3.13. The Hall–Kier alpha value is -1.14. The van der Waals surface area contributed by atoms with E-state index >= 15 is 0 Å². The van der Waals surface area contributed by atoms with Crippen molar-refractivity contribution in [2.45, 2.75) is 25.4 Å². The Bertz CT molecular complexity index is 302. The zero-order valence-electron chi connectivity index (χ0n) is 10.1. The second-order valence-electron chi connectivity index (χ2n) is 4.55. The summed E-state index contributed by atoms with van der Waals surface area (Å²) in [5.74, 6) is 0.0426. The van der Waals surface area contributed by atoms with Crippen molar-refractivity contribution in [3.63, 3.8) is 0 Å². The van der Waals surface area contributed by atoms with Crippen LogP contribution in [0, 0.1) is 0 Å². The third kappa shape index (κ3) is 3.17. The van der Waals surface area contributed by atoms with E-state index < -0.39 is 0 Å². The van der Waals surface area contributed by atoms with E-state index in [4.69, 9.17) is 4.74 Å². The van der Waals surface area contributed by atoms with Gasteiger partial charge >= 0.3 is 0 Å². The van der Waals surface area contributed by atoms with Crippen molar-refractivity contribution in [2.75, 3.05) is 32.8 Å². The summed E-state index contributed by atoms with van der Waals surface area (Å²) in [5.41, 5.74) is 0. The maximum absolute atomic E-state index is 12.1. The largest absolute Gasteiger partial charge is 0.378 e. The minimum atomic E-state index is -0.222. The summed E-state index contributed by atoms with van der Waals surface area (Å²) in [7, 11) is 0. The Morgan fingerprint density at radius 1 is 1.47 bits per heavy atom. The fraction of sp³-hybridized carbons (Fsp3) is 0.818. The summed E-state index contributed by atoms with van der Waals surface area (Å²) in [6.07, 6.45) is 0.832. The van der Waals surface area contributed by atoms with Crippen LogP contribution in [0.15, 0.2) is 0 Å². The minimum absolute atomic E-state index is 0.0385. The number of carbonyl (C=O) groups is 2. The standard InChI is InChI=1S/C11H19N3O3/c1-8(15)13-9-2-4-14(6-9)11(16)10-7-17-5-3-12-10/h9-10,12H,2-7H2,1H3,(H,13,15). The molecule has 0 bridgehead atoms. The van der Waals surface area contributed by atoms with Gasteiger partial charge in [-0.15, -0.1) is 0 Å². The number of morpholine rings is 1. The van der Waals surface area contributed by atoms with Crippen molar-refractivity contribution in [3.05, 3.63) is 0 Å². The number of likely N-dealkylation sites (tertiary alicyclic amines) is 1.